The van der Waals surface area contributed by atoms with E-state index in [2.05, 4.69) is 24.8 Å². The standard InChI is InChI=1S/C20H17FN6O/c1-12-15-11-25-20(19-23-5-3-6-24-19)26-17(15)4-7-27(12)13-8-16(21)14(10-22)18(9-13)28-2/h3,5-6,8-9,11-12H,4,7H2,1-2H3. The summed E-state index contributed by atoms with van der Waals surface area (Å²) in [5.74, 6) is 0.608. The van der Waals surface area contributed by atoms with Crippen LogP contribution in [0.4, 0.5) is 10.1 Å². The number of methoxy groups -OCH3 is 1. The van der Waals surface area contributed by atoms with E-state index in [-0.39, 0.29) is 17.4 Å². The Morgan fingerprint density at radius 1 is 1.21 bits per heavy atom. The molecule has 4 rings (SSSR count). The Labute approximate surface area is 161 Å². The highest BCUT2D eigenvalue weighted by molar-refractivity contribution is 5.60. The predicted molar refractivity (Wildman–Crippen MR) is 100 cm³/mol. The van der Waals surface area contributed by atoms with E-state index in [0.29, 0.717) is 30.3 Å². The number of rotatable bonds is 3. The van der Waals surface area contributed by atoms with Crippen molar-refractivity contribution in [3.63, 3.8) is 0 Å². The summed E-state index contributed by atoms with van der Waals surface area (Å²) in [6.45, 7) is 2.66. The van der Waals surface area contributed by atoms with Crippen LogP contribution in [0.15, 0.2) is 36.8 Å². The van der Waals surface area contributed by atoms with Crippen LogP contribution in [-0.4, -0.2) is 33.6 Å². The van der Waals surface area contributed by atoms with Crippen molar-refractivity contribution in [3.05, 3.63) is 59.4 Å². The normalized spacial score (nSPS) is 15.6. The molecule has 0 amide bonds. The summed E-state index contributed by atoms with van der Waals surface area (Å²) in [4.78, 5) is 19.5. The third-order valence-corrected chi connectivity index (χ3v) is 4.88. The SMILES string of the molecule is COc1cc(N2CCc3nc(-c4ncccn4)ncc3C2C)cc(F)c1C#N. The summed E-state index contributed by atoms with van der Waals surface area (Å²) < 4.78 is 19.5. The van der Waals surface area contributed by atoms with Crippen molar-refractivity contribution in [2.75, 3.05) is 18.6 Å². The number of benzene rings is 1. The zero-order valence-electron chi connectivity index (χ0n) is 15.4. The second kappa shape index (κ2) is 7.19. The molecular formula is C20H17FN6O. The number of ether oxygens (including phenoxy) is 1. The Morgan fingerprint density at radius 3 is 2.71 bits per heavy atom. The average Bonchev–Trinajstić information content (AvgIpc) is 2.73. The maximum atomic E-state index is 14.3. The van der Waals surface area contributed by atoms with Crippen LogP contribution in [0.3, 0.4) is 0 Å². The van der Waals surface area contributed by atoms with E-state index in [1.165, 1.54) is 13.2 Å². The fourth-order valence-corrected chi connectivity index (χ4v) is 3.44. The zero-order valence-corrected chi connectivity index (χ0v) is 15.4. The van der Waals surface area contributed by atoms with Crippen molar-refractivity contribution in [1.82, 2.24) is 19.9 Å². The van der Waals surface area contributed by atoms with E-state index in [1.54, 1.807) is 30.7 Å². The Bertz CT molecular complexity index is 1070. The van der Waals surface area contributed by atoms with Crippen molar-refractivity contribution in [2.24, 2.45) is 0 Å². The lowest BCUT2D eigenvalue weighted by Gasteiger charge is -2.36. The second-order valence-electron chi connectivity index (χ2n) is 6.40. The Balaban J connectivity index is 1.69. The van der Waals surface area contributed by atoms with Crippen LogP contribution in [0.25, 0.3) is 11.6 Å². The van der Waals surface area contributed by atoms with Crippen molar-refractivity contribution < 1.29 is 9.13 Å². The molecule has 2 aromatic heterocycles. The smallest absolute Gasteiger partial charge is 0.197 e. The van der Waals surface area contributed by atoms with Gasteiger partial charge in [0.15, 0.2) is 11.6 Å². The summed E-state index contributed by atoms with van der Waals surface area (Å²) in [5, 5.41) is 9.12. The molecule has 1 atom stereocenters. The molecule has 0 fully saturated rings. The topological polar surface area (TPSA) is 87.8 Å². The van der Waals surface area contributed by atoms with E-state index in [4.69, 9.17) is 10.00 Å². The minimum absolute atomic E-state index is 0.0634. The van der Waals surface area contributed by atoms with E-state index in [1.807, 2.05) is 13.0 Å². The van der Waals surface area contributed by atoms with Crippen LogP contribution in [0, 0.1) is 17.1 Å². The summed E-state index contributed by atoms with van der Waals surface area (Å²) in [6.07, 6.45) is 5.76. The summed E-state index contributed by atoms with van der Waals surface area (Å²) in [5.41, 5.74) is 2.46. The first kappa shape index (κ1) is 17.8. The van der Waals surface area contributed by atoms with E-state index < -0.39 is 5.82 Å². The van der Waals surface area contributed by atoms with E-state index >= 15 is 0 Å². The number of nitrogens with zero attached hydrogens (tertiary/aromatic N) is 6. The van der Waals surface area contributed by atoms with Crippen LogP contribution in [0.2, 0.25) is 0 Å². The molecule has 140 valence electrons. The van der Waals surface area contributed by atoms with Gasteiger partial charge in [0.25, 0.3) is 0 Å². The first-order valence-corrected chi connectivity index (χ1v) is 8.80. The van der Waals surface area contributed by atoms with Crippen LogP contribution in [0.5, 0.6) is 5.75 Å². The Morgan fingerprint density at radius 2 is 2.00 bits per heavy atom. The number of fused-ring (bicyclic) bond motifs is 1. The number of hydrogen-bond donors (Lipinski definition) is 0. The lowest BCUT2D eigenvalue weighted by molar-refractivity contribution is 0.409. The van der Waals surface area contributed by atoms with Gasteiger partial charge in [0.1, 0.15) is 23.2 Å². The molecule has 0 bridgehead atoms. The predicted octanol–water partition coefficient (Wildman–Crippen LogP) is 3.08. The van der Waals surface area contributed by atoms with Crippen LogP contribution in [-0.2, 0) is 6.42 Å². The quantitative estimate of drug-likeness (QED) is 0.694. The number of halogens is 1. The highest BCUT2D eigenvalue weighted by Gasteiger charge is 2.27. The minimum atomic E-state index is -0.595. The van der Waals surface area contributed by atoms with Crippen molar-refractivity contribution >= 4 is 5.69 Å². The third-order valence-electron chi connectivity index (χ3n) is 4.88. The number of anilines is 1. The molecule has 1 aliphatic rings. The average molecular weight is 376 g/mol. The Kier molecular flexibility index (Phi) is 4.57. The first-order chi connectivity index (χ1) is 13.6. The molecule has 0 aliphatic carbocycles. The third kappa shape index (κ3) is 3.01. The maximum Gasteiger partial charge on any atom is 0.197 e. The second-order valence-corrected chi connectivity index (χ2v) is 6.40. The summed E-state index contributed by atoms with van der Waals surface area (Å²) >= 11 is 0. The molecule has 0 saturated heterocycles. The van der Waals surface area contributed by atoms with Crippen LogP contribution >= 0.6 is 0 Å². The van der Waals surface area contributed by atoms with Crippen molar-refractivity contribution in [3.8, 4) is 23.5 Å². The highest BCUT2D eigenvalue weighted by Crippen LogP contribution is 2.36. The van der Waals surface area contributed by atoms with E-state index in [9.17, 15) is 4.39 Å². The summed E-state index contributed by atoms with van der Waals surface area (Å²) in [7, 11) is 1.43. The van der Waals surface area contributed by atoms with E-state index in [0.717, 1.165) is 11.3 Å². The van der Waals surface area contributed by atoms with Gasteiger partial charge in [-0.3, -0.25) is 0 Å². The van der Waals surface area contributed by atoms with Gasteiger partial charge in [-0.2, -0.15) is 5.26 Å². The Hall–Kier alpha value is -3.60. The van der Waals surface area contributed by atoms with Crippen LogP contribution < -0.4 is 9.64 Å². The minimum Gasteiger partial charge on any atom is -0.495 e. The number of aromatic nitrogens is 4. The fourth-order valence-electron chi connectivity index (χ4n) is 3.44. The summed E-state index contributed by atoms with van der Waals surface area (Å²) in [6, 6.07) is 6.58. The van der Waals surface area contributed by atoms with Gasteiger partial charge in [-0.1, -0.05) is 0 Å². The molecule has 7 nitrogen and oxygen atoms in total. The molecule has 1 aliphatic heterocycles. The van der Waals surface area contributed by atoms with Gasteiger partial charge in [0, 0.05) is 48.9 Å². The first-order valence-electron chi connectivity index (χ1n) is 8.80. The van der Waals surface area contributed by atoms with Gasteiger partial charge in [0.2, 0.25) is 0 Å². The zero-order chi connectivity index (χ0) is 19.7. The van der Waals surface area contributed by atoms with Gasteiger partial charge < -0.3 is 9.64 Å². The molecule has 0 radical (unpaired) electrons. The lowest BCUT2D eigenvalue weighted by Crippen LogP contribution is -2.35. The number of hydrogen-bond acceptors (Lipinski definition) is 7. The van der Waals surface area contributed by atoms with Gasteiger partial charge in [-0.15, -0.1) is 0 Å². The molecule has 28 heavy (non-hydrogen) atoms. The van der Waals surface area contributed by atoms with Crippen LogP contribution in [0.1, 0.15) is 29.8 Å². The number of nitriles is 1. The van der Waals surface area contributed by atoms with Gasteiger partial charge in [0.05, 0.1) is 18.8 Å². The molecular weight excluding hydrogens is 359 g/mol. The molecule has 3 aromatic rings. The molecule has 0 saturated carbocycles. The fraction of sp³-hybridized carbons (Fsp3) is 0.250. The molecule has 8 heteroatoms. The molecule has 0 spiro atoms. The largest absolute Gasteiger partial charge is 0.495 e. The van der Waals surface area contributed by atoms with Gasteiger partial charge in [-0.25, -0.2) is 24.3 Å². The molecule has 1 unspecified atom stereocenters. The van der Waals surface area contributed by atoms with Gasteiger partial charge >= 0.3 is 0 Å². The lowest BCUT2D eigenvalue weighted by atomic mass is 9.98. The van der Waals surface area contributed by atoms with Gasteiger partial charge in [-0.05, 0) is 19.1 Å². The molecule has 1 aromatic carbocycles. The highest BCUT2D eigenvalue weighted by atomic mass is 19.1. The monoisotopic (exact) mass is 376 g/mol. The molecule has 0 N–H and O–H groups in total. The maximum absolute atomic E-state index is 14.3. The van der Waals surface area contributed by atoms with Crippen molar-refractivity contribution in [1.29, 1.82) is 5.26 Å². The molecule has 3 heterocycles. The van der Waals surface area contributed by atoms with Crippen molar-refractivity contribution in [2.45, 2.75) is 19.4 Å².